The Morgan fingerprint density at radius 3 is 2.50 bits per heavy atom. The highest BCUT2D eigenvalue weighted by atomic mass is 16.3. The van der Waals surface area contributed by atoms with Gasteiger partial charge in [-0.15, -0.1) is 0 Å². The minimum Gasteiger partial charge on any atom is -0.382 e. The van der Waals surface area contributed by atoms with E-state index in [0.29, 0.717) is 0 Å². The van der Waals surface area contributed by atoms with Gasteiger partial charge in [0.05, 0.1) is 5.69 Å². The average molecular weight is 243 g/mol. The van der Waals surface area contributed by atoms with Gasteiger partial charge in [-0.2, -0.15) is 0 Å². The highest BCUT2D eigenvalue weighted by Gasteiger charge is 2.18. The maximum atomic E-state index is 10.2. The number of aliphatic hydroxyl groups excluding tert-OH is 1. The normalized spacial score (nSPS) is 14.1. The van der Waals surface area contributed by atoms with Gasteiger partial charge in [-0.3, -0.25) is 4.98 Å². The second-order valence-electron chi connectivity index (χ2n) is 4.48. The first-order chi connectivity index (χ1) is 8.77. The van der Waals surface area contributed by atoms with Gasteiger partial charge in [0, 0.05) is 6.20 Å². The van der Waals surface area contributed by atoms with Crippen LogP contribution < -0.4 is 5.32 Å². The van der Waals surface area contributed by atoms with E-state index in [1.165, 1.54) is 0 Å². The average Bonchev–Trinajstić information content (AvgIpc) is 2.46. The Labute approximate surface area is 108 Å². The lowest BCUT2D eigenvalue weighted by molar-refractivity contribution is -0.709. The van der Waals surface area contributed by atoms with Crippen LogP contribution in [0.4, 0.5) is 0 Å². The van der Waals surface area contributed by atoms with Crippen molar-refractivity contribution < 1.29 is 10.4 Å². The van der Waals surface area contributed by atoms with Crippen molar-refractivity contribution in [2.75, 3.05) is 0 Å². The van der Waals surface area contributed by atoms with Gasteiger partial charge in [-0.05, 0) is 24.6 Å². The molecule has 94 valence electrons. The van der Waals surface area contributed by atoms with Crippen molar-refractivity contribution in [3.8, 4) is 0 Å². The van der Waals surface area contributed by atoms with E-state index in [4.69, 9.17) is 0 Å². The van der Waals surface area contributed by atoms with Crippen molar-refractivity contribution in [3.63, 3.8) is 0 Å². The van der Waals surface area contributed by atoms with Crippen LogP contribution in [0.5, 0.6) is 0 Å². The van der Waals surface area contributed by atoms with Crippen molar-refractivity contribution >= 4 is 0 Å². The number of rotatable bonds is 5. The first-order valence-electron chi connectivity index (χ1n) is 6.23. The number of aliphatic hydroxyl groups is 1. The molecule has 0 aliphatic rings. The van der Waals surface area contributed by atoms with E-state index in [1.807, 2.05) is 55.5 Å². The van der Waals surface area contributed by atoms with E-state index < -0.39 is 6.10 Å². The molecule has 1 heterocycles. The predicted octanol–water partition coefficient (Wildman–Crippen LogP) is 1.27. The summed E-state index contributed by atoms with van der Waals surface area (Å²) >= 11 is 0. The van der Waals surface area contributed by atoms with Gasteiger partial charge < -0.3 is 10.4 Å². The van der Waals surface area contributed by atoms with E-state index in [1.54, 1.807) is 6.20 Å². The number of benzene rings is 1. The fourth-order valence-corrected chi connectivity index (χ4v) is 1.91. The van der Waals surface area contributed by atoms with Gasteiger partial charge in [0.15, 0.2) is 0 Å². The summed E-state index contributed by atoms with van der Waals surface area (Å²) in [6.45, 7) is 2.81. The molecule has 3 heteroatoms. The number of nitrogens with zero attached hydrogens (tertiary/aromatic N) is 1. The smallest absolute Gasteiger partial charge is 0.130 e. The largest absolute Gasteiger partial charge is 0.382 e. The van der Waals surface area contributed by atoms with Crippen molar-refractivity contribution in [2.45, 2.75) is 25.6 Å². The molecule has 0 saturated carbocycles. The number of aromatic nitrogens is 1. The summed E-state index contributed by atoms with van der Waals surface area (Å²) in [6, 6.07) is 15.8. The number of pyridine rings is 1. The van der Waals surface area contributed by atoms with E-state index in [0.717, 1.165) is 17.8 Å². The molecule has 18 heavy (non-hydrogen) atoms. The molecule has 0 spiro atoms. The predicted molar refractivity (Wildman–Crippen MR) is 70.7 cm³/mol. The molecule has 0 unspecified atom stereocenters. The summed E-state index contributed by atoms with van der Waals surface area (Å²) in [6.07, 6.45) is 1.34. The SMILES string of the molecule is C[C@@H]([NH2+]Cc1ccccn1)[C@@H](O)c1ccccc1. The fourth-order valence-electron chi connectivity index (χ4n) is 1.91. The van der Waals surface area contributed by atoms with Crippen molar-refractivity contribution in [1.29, 1.82) is 0 Å². The minimum absolute atomic E-state index is 0.106. The van der Waals surface area contributed by atoms with Gasteiger partial charge >= 0.3 is 0 Å². The molecule has 0 aliphatic heterocycles. The number of hydrogen-bond acceptors (Lipinski definition) is 2. The van der Waals surface area contributed by atoms with Crippen LogP contribution in [0.3, 0.4) is 0 Å². The molecule has 2 aromatic rings. The summed E-state index contributed by atoms with van der Waals surface area (Å²) in [5, 5.41) is 12.3. The lowest BCUT2D eigenvalue weighted by Crippen LogP contribution is -2.89. The molecule has 1 aromatic heterocycles. The molecule has 0 aliphatic carbocycles. The molecular weight excluding hydrogens is 224 g/mol. The molecule has 1 aromatic carbocycles. The third-order valence-electron chi connectivity index (χ3n) is 3.06. The Hall–Kier alpha value is -1.71. The molecule has 2 rings (SSSR count). The summed E-state index contributed by atoms with van der Waals surface area (Å²) in [7, 11) is 0. The van der Waals surface area contributed by atoms with Gasteiger partial charge in [0.1, 0.15) is 18.7 Å². The molecular formula is C15H19N2O+. The third kappa shape index (κ3) is 3.39. The lowest BCUT2D eigenvalue weighted by Gasteiger charge is -2.17. The van der Waals surface area contributed by atoms with E-state index in [2.05, 4.69) is 10.3 Å². The summed E-state index contributed by atoms with van der Waals surface area (Å²) in [5.74, 6) is 0. The third-order valence-corrected chi connectivity index (χ3v) is 3.06. The van der Waals surface area contributed by atoms with Crippen molar-refractivity contribution in [1.82, 2.24) is 4.98 Å². The molecule has 0 amide bonds. The lowest BCUT2D eigenvalue weighted by atomic mass is 10.0. The van der Waals surface area contributed by atoms with Crippen molar-refractivity contribution in [3.05, 3.63) is 66.0 Å². The molecule has 0 bridgehead atoms. The van der Waals surface area contributed by atoms with E-state index in [-0.39, 0.29) is 6.04 Å². The maximum Gasteiger partial charge on any atom is 0.130 e. The quantitative estimate of drug-likeness (QED) is 0.831. The Bertz CT molecular complexity index is 458. The fraction of sp³-hybridized carbons (Fsp3) is 0.267. The maximum absolute atomic E-state index is 10.2. The zero-order valence-corrected chi connectivity index (χ0v) is 10.5. The zero-order chi connectivity index (χ0) is 12.8. The molecule has 3 N–H and O–H groups in total. The highest BCUT2D eigenvalue weighted by Crippen LogP contribution is 2.13. The molecule has 2 atom stereocenters. The van der Waals surface area contributed by atoms with Gasteiger partial charge in [0.2, 0.25) is 0 Å². The van der Waals surface area contributed by atoms with Crippen LogP contribution in [0.15, 0.2) is 54.7 Å². The van der Waals surface area contributed by atoms with Crippen LogP contribution in [-0.2, 0) is 6.54 Å². The Balaban J connectivity index is 1.90. The number of quaternary nitrogens is 1. The molecule has 0 radical (unpaired) electrons. The van der Waals surface area contributed by atoms with Gasteiger partial charge in [0.25, 0.3) is 0 Å². The minimum atomic E-state index is -0.449. The molecule has 0 fully saturated rings. The topological polar surface area (TPSA) is 49.7 Å². The summed E-state index contributed by atoms with van der Waals surface area (Å²) < 4.78 is 0. The summed E-state index contributed by atoms with van der Waals surface area (Å²) in [4.78, 5) is 4.27. The van der Waals surface area contributed by atoms with Crippen LogP contribution in [0.1, 0.15) is 24.3 Å². The van der Waals surface area contributed by atoms with Crippen LogP contribution in [0.25, 0.3) is 0 Å². The Morgan fingerprint density at radius 2 is 1.83 bits per heavy atom. The van der Waals surface area contributed by atoms with Crippen LogP contribution >= 0.6 is 0 Å². The number of hydrogen-bond donors (Lipinski definition) is 2. The molecule has 0 saturated heterocycles. The van der Waals surface area contributed by atoms with E-state index >= 15 is 0 Å². The zero-order valence-electron chi connectivity index (χ0n) is 10.5. The molecule has 3 nitrogen and oxygen atoms in total. The van der Waals surface area contributed by atoms with Crippen LogP contribution in [0, 0.1) is 0 Å². The van der Waals surface area contributed by atoms with Gasteiger partial charge in [-0.1, -0.05) is 36.4 Å². The number of nitrogens with two attached hydrogens (primary N) is 1. The highest BCUT2D eigenvalue weighted by molar-refractivity contribution is 5.17. The second-order valence-corrected chi connectivity index (χ2v) is 4.48. The first-order valence-corrected chi connectivity index (χ1v) is 6.23. The van der Waals surface area contributed by atoms with Crippen molar-refractivity contribution in [2.24, 2.45) is 0 Å². The van der Waals surface area contributed by atoms with E-state index in [9.17, 15) is 5.11 Å². The Morgan fingerprint density at radius 1 is 1.11 bits per heavy atom. The monoisotopic (exact) mass is 243 g/mol. The Kier molecular flexibility index (Phi) is 4.45. The second kappa shape index (κ2) is 6.28. The first kappa shape index (κ1) is 12.7. The van der Waals surface area contributed by atoms with Crippen LogP contribution in [-0.4, -0.2) is 16.1 Å². The van der Waals surface area contributed by atoms with Gasteiger partial charge in [-0.25, -0.2) is 0 Å². The summed E-state index contributed by atoms with van der Waals surface area (Å²) in [5.41, 5.74) is 1.99. The van der Waals surface area contributed by atoms with Crippen LogP contribution in [0.2, 0.25) is 0 Å². The standard InChI is InChI=1S/C15H18N2O/c1-12(15(18)13-7-3-2-4-8-13)17-11-14-9-5-6-10-16-14/h2-10,12,15,17-18H,11H2,1H3/p+1/t12-,15-/m1/s1.